The molecule has 64 valence electrons. The normalized spacial score (nSPS) is 33.3. The Morgan fingerprint density at radius 1 is 1.42 bits per heavy atom. The Morgan fingerprint density at radius 2 is 1.92 bits per heavy atom. The van der Waals surface area contributed by atoms with Gasteiger partial charge in [-0.3, -0.25) is 0 Å². The van der Waals surface area contributed by atoms with Crippen LogP contribution < -0.4 is 5.73 Å². The van der Waals surface area contributed by atoms with Crippen molar-refractivity contribution in [3.05, 3.63) is 29.8 Å². The molecule has 2 rings (SSSR count). The van der Waals surface area contributed by atoms with Gasteiger partial charge in [-0.1, -0.05) is 23.7 Å². The molecule has 1 aromatic rings. The summed E-state index contributed by atoms with van der Waals surface area (Å²) in [6, 6.07) is 7.18. The van der Waals surface area contributed by atoms with Crippen LogP contribution in [-0.2, 0) is 0 Å². The summed E-state index contributed by atoms with van der Waals surface area (Å²) in [5, 5.41) is -1.50. The van der Waals surface area contributed by atoms with Crippen molar-refractivity contribution in [1.29, 1.82) is 0 Å². The Morgan fingerprint density at radius 3 is 2.33 bits per heavy atom. The van der Waals surface area contributed by atoms with Gasteiger partial charge in [-0.2, -0.15) is 0 Å². The van der Waals surface area contributed by atoms with E-state index in [2.05, 4.69) is 0 Å². The summed E-state index contributed by atoms with van der Waals surface area (Å²) < 4.78 is 13.0. The van der Waals surface area contributed by atoms with Crippen molar-refractivity contribution in [2.45, 2.75) is 17.5 Å². The Kier molecular flexibility index (Phi) is 1.55. The van der Waals surface area contributed by atoms with Gasteiger partial charge in [0.25, 0.3) is 0 Å². The van der Waals surface area contributed by atoms with Crippen molar-refractivity contribution in [2.24, 2.45) is 0 Å². The second kappa shape index (κ2) is 2.36. The zero-order valence-electron chi connectivity index (χ0n) is 6.43. The minimum Gasteiger partial charge on any atom is -0.399 e. The predicted octanol–water partition coefficient (Wildman–Crippen LogP) is 2.66. The molecule has 0 aliphatic heterocycles. The monoisotopic (exact) mass is 185 g/mol. The van der Waals surface area contributed by atoms with Crippen molar-refractivity contribution in [1.82, 2.24) is 0 Å². The number of benzene rings is 1. The van der Waals surface area contributed by atoms with E-state index >= 15 is 0 Å². The molecule has 1 aromatic carbocycles. The van der Waals surface area contributed by atoms with Gasteiger partial charge in [0.1, 0.15) is 0 Å². The maximum atomic E-state index is 13.0. The minimum absolute atomic E-state index is 0.139. The molecule has 3 heteroatoms. The molecule has 0 bridgehead atoms. The Balaban J connectivity index is 2.21. The van der Waals surface area contributed by atoms with Crippen LogP contribution in [-0.4, -0.2) is 5.13 Å². The smallest absolute Gasteiger partial charge is 0.191 e. The highest BCUT2D eigenvalue weighted by Gasteiger charge is 2.54. The molecule has 12 heavy (non-hydrogen) atoms. The molecule has 1 saturated carbocycles. The van der Waals surface area contributed by atoms with E-state index < -0.39 is 5.13 Å². The van der Waals surface area contributed by atoms with Crippen LogP contribution in [0.15, 0.2) is 24.3 Å². The zero-order chi connectivity index (χ0) is 8.77. The number of alkyl halides is 2. The average Bonchev–Trinajstić information content (AvgIpc) is 2.61. The lowest BCUT2D eigenvalue weighted by Gasteiger charge is -1.99. The first-order chi connectivity index (χ1) is 5.59. The number of nitrogen functional groups attached to an aromatic ring is 1. The number of nitrogens with two attached hydrogens (primary N) is 1. The summed E-state index contributed by atoms with van der Waals surface area (Å²) in [5.74, 6) is -0.139. The molecule has 0 spiro atoms. The van der Waals surface area contributed by atoms with E-state index in [1.807, 2.05) is 12.1 Å². The highest BCUT2D eigenvalue weighted by atomic mass is 35.5. The van der Waals surface area contributed by atoms with Crippen molar-refractivity contribution in [3.8, 4) is 0 Å². The van der Waals surface area contributed by atoms with Gasteiger partial charge in [0, 0.05) is 18.0 Å². The summed E-state index contributed by atoms with van der Waals surface area (Å²) in [6.07, 6.45) is 0.415. The number of rotatable bonds is 1. The van der Waals surface area contributed by atoms with Crippen molar-refractivity contribution < 1.29 is 4.39 Å². The fourth-order valence-corrected chi connectivity index (χ4v) is 1.58. The summed E-state index contributed by atoms with van der Waals surface area (Å²) >= 11 is 5.48. The zero-order valence-corrected chi connectivity index (χ0v) is 7.18. The molecule has 0 saturated heterocycles. The van der Waals surface area contributed by atoms with Gasteiger partial charge in [0.15, 0.2) is 5.13 Å². The van der Waals surface area contributed by atoms with E-state index in [4.69, 9.17) is 17.3 Å². The Labute approximate surface area is 75.3 Å². The molecular weight excluding hydrogens is 177 g/mol. The molecule has 1 aliphatic rings. The van der Waals surface area contributed by atoms with Crippen LogP contribution in [0.25, 0.3) is 0 Å². The second-order valence-corrected chi connectivity index (χ2v) is 3.81. The first kappa shape index (κ1) is 7.87. The molecule has 0 heterocycles. The van der Waals surface area contributed by atoms with Crippen LogP contribution in [0.5, 0.6) is 0 Å². The third-order valence-corrected chi connectivity index (χ3v) is 2.58. The standard InChI is InChI=1S/C9H9ClFN/c10-9(11)5-8(9)6-1-3-7(12)4-2-6/h1-4,8H,5,12H2/t8-,9+/m1/s1. The fourth-order valence-electron chi connectivity index (χ4n) is 1.30. The van der Waals surface area contributed by atoms with Crippen molar-refractivity contribution in [2.75, 3.05) is 5.73 Å². The lowest BCUT2D eigenvalue weighted by Crippen LogP contribution is -1.91. The van der Waals surface area contributed by atoms with Gasteiger partial charge in [0.2, 0.25) is 0 Å². The molecule has 0 aromatic heterocycles. The highest BCUT2D eigenvalue weighted by Crippen LogP contribution is 2.57. The lowest BCUT2D eigenvalue weighted by molar-refractivity contribution is 0.416. The number of anilines is 1. The quantitative estimate of drug-likeness (QED) is 0.528. The average molecular weight is 186 g/mol. The van der Waals surface area contributed by atoms with Gasteiger partial charge >= 0.3 is 0 Å². The van der Waals surface area contributed by atoms with Crippen LogP contribution in [0.2, 0.25) is 0 Å². The SMILES string of the molecule is Nc1ccc([C@H]2C[C@@]2(F)Cl)cc1. The molecule has 1 nitrogen and oxygen atoms in total. The topological polar surface area (TPSA) is 26.0 Å². The first-order valence-electron chi connectivity index (χ1n) is 3.83. The van der Waals surface area contributed by atoms with Gasteiger partial charge in [-0.05, 0) is 17.7 Å². The number of hydrogen-bond donors (Lipinski definition) is 1. The van der Waals surface area contributed by atoms with E-state index in [-0.39, 0.29) is 5.92 Å². The van der Waals surface area contributed by atoms with Gasteiger partial charge in [-0.25, -0.2) is 4.39 Å². The summed E-state index contributed by atoms with van der Waals surface area (Å²) in [5.41, 5.74) is 7.11. The van der Waals surface area contributed by atoms with E-state index in [0.29, 0.717) is 12.1 Å². The van der Waals surface area contributed by atoms with Crippen molar-refractivity contribution in [3.63, 3.8) is 0 Å². The third kappa shape index (κ3) is 1.27. The van der Waals surface area contributed by atoms with Crippen LogP contribution in [0.3, 0.4) is 0 Å². The third-order valence-electron chi connectivity index (χ3n) is 2.16. The highest BCUT2D eigenvalue weighted by molar-refractivity contribution is 6.25. The van der Waals surface area contributed by atoms with Gasteiger partial charge < -0.3 is 5.73 Å². The summed E-state index contributed by atoms with van der Waals surface area (Å²) in [4.78, 5) is 0. The number of hydrogen-bond acceptors (Lipinski definition) is 1. The van der Waals surface area contributed by atoms with E-state index in [9.17, 15) is 4.39 Å². The Bertz CT molecular complexity index is 294. The fraction of sp³-hybridized carbons (Fsp3) is 0.333. The first-order valence-corrected chi connectivity index (χ1v) is 4.21. The maximum Gasteiger partial charge on any atom is 0.191 e. The van der Waals surface area contributed by atoms with Gasteiger partial charge in [-0.15, -0.1) is 0 Å². The maximum absolute atomic E-state index is 13.0. The molecular formula is C9H9ClFN. The lowest BCUT2D eigenvalue weighted by atomic mass is 10.1. The molecule has 0 radical (unpaired) electrons. The molecule has 0 unspecified atom stereocenters. The summed E-state index contributed by atoms with van der Waals surface area (Å²) in [7, 11) is 0. The predicted molar refractivity (Wildman–Crippen MR) is 47.9 cm³/mol. The van der Waals surface area contributed by atoms with Crippen LogP contribution in [0, 0.1) is 0 Å². The largest absolute Gasteiger partial charge is 0.399 e. The van der Waals surface area contributed by atoms with Crippen LogP contribution in [0.1, 0.15) is 17.9 Å². The van der Waals surface area contributed by atoms with Crippen LogP contribution in [0.4, 0.5) is 10.1 Å². The van der Waals surface area contributed by atoms with Crippen molar-refractivity contribution >= 4 is 17.3 Å². The molecule has 2 atom stereocenters. The summed E-state index contributed by atoms with van der Waals surface area (Å²) in [6.45, 7) is 0. The Hall–Kier alpha value is -0.760. The molecule has 1 fully saturated rings. The number of halogens is 2. The molecule has 0 amide bonds. The van der Waals surface area contributed by atoms with E-state index in [1.165, 1.54) is 0 Å². The molecule has 2 N–H and O–H groups in total. The van der Waals surface area contributed by atoms with E-state index in [0.717, 1.165) is 5.56 Å². The minimum atomic E-state index is -1.50. The second-order valence-electron chi connectivity index (χ2n) is 3.18. The van der Waals surface area contributed by atoms with Gasteiger partial charge in [0.05, 0.1) is 0 Å². The van der Waals surface area contributed by atoms with Crippen LogP contribution >= 0.6 is 11.6 Å². The van der Waals surface area contributed by atoms with E-state index in [1.54, 1.807) is 12.1 Å². The molecule has 1 aliphatic carbocycles.